The molecule has 2 N–H and O–H groups in total. The molecule has 1 unspecified atom stereocenters. The first kappa shape index (κ1) is 16.4. The quantitative estimate of drug-likeness (QED) is 0.881. The van der Waals surface area contributed by atoms with Crippen LogP contribution in [0, 0.1) is 0 Å². The van der Waals surface area contributed by atoms with Crippen LogP contribution in [0.1, 0.15) is 28.9 Å². The summed E-state index contributed by atoms with van der Waals surface area (Å²) in [6, 6.07) is 12.1. The van der Waals surface area contributed by atoms with E-state index < -0.39 is 0 Å². The maximum Gasteiger partial charge on any atom is 0.268 e. The molecule has 122 valence electrons. The highest BCUT2D eigenvalue weighted by atomic mass is 35.5. The summed E-state index contributed by atoms with van der Waals surface area (Å²) in [6.07, 6.45) is 2.06. The van der Waals surface area contributed by atoms with Gasteiger partial charge in [-0.15, -0.1) is 0 Å². The van der Waals surface area contributed by atoms with E-state index in [1.165, 1.54) is 5.56 Å². The average Bonchev–Trinajstić information content (AvgIpc) is 2.88. The highest BCUT2D eigenvalue weighted by Crippen LogP contribution is 2.22. The third-order valence-corrected chi connectivity index (χ3v) is 4.75. The first-order chi connectivity index (χ1) is 11.1. The maximum atomic E-state index is 12.3. The Morgan fingerprint density at radius 2 is 2.09 bits per heavy atom. The summed E-state index contributed by atoms with van der Waals surface area (Å²) in [6.45, 7) is 2.82. The van der Waals surface area contributed by atoms with Crippen molar-refractivity contribution in [1.29, 1.82) is 0 Å². The normalized spacial score (nSPS) is 18.8. The number of likely N-dealkylation sites (tertiary alicyclic amines) is 1. The number of benzene rings is 1. The lowest BCUT2D eigenvalue weighted by Crippen LogP contribution is -2.47. The van der Waals surface area contributed by atoms with Crippen LogP contribution in [-0.2, 0) is 6.54 Å². The molecule has 0 radical (unpaired) electrons. The average molecular weight is 352 g/mol. The van der Waals surface area contributed by atoms with Crippen molar-refractivity contribution in [1.82, 2.24) is 15.2 Å². The highest BCUT2D eigenvalue weighted by molar-refractivity contribution is 6.41. The lowest BCUT2D eigenvalue weighted by molar-refractivity contribution is 0.0896. The number of H-pyrrole nitrogens is 1. The second kappa shape index (κ2) is 7.39. The predicted molar refractivity (Wildman–Crippen MR) is 93.0 cm³/mol. The van der Waals surface area contributed by atoms with Gasteiger partial charge in [0.2, 0.25) is 0 Å². The third kappa shape index (κ3) is 4.28. The lowest BCUT2D eigenvalue weighted by Gasteiger charge is -2.33. The maximum absolute atomic E-state index is 12.3. The van der Waals surface area contributed by atoms with Crippen LogP contribution in [0.3, 0.4) is 0 Å². The molecule has 1 fully saturated rings. The zero-order valence-corrected chi connectivity index (χ0v) is 14.2. The van der Waals surface area contributed by atoms with E-state index in [0.29, 0.717) is 15.9 Å². The molecule has 1 amide bonds. The molecule has 1 aromatic carbocycles. The van der Waals surface area contributed by atoms with E-state index in [-0.39, 0.29) is 11.9 Å². The number of hydrogen-bond acceptors (Lipinski definition) is 2. The van der Waals surface area contributed by atoms with Gasteiger partial charge in [0.05, 0.1) is 5.02 Å². The molecule has 2 heterocycles. The molecule has 1 atom stereocenters. The van der Waals surface area contributed by atoms with Crippen LogP contribution >= 0.6 is 23.2 Å². The van der Waals surface area contributed by atoms with Gasteiger partial charge in [-0.3, -0.25) is 9.69 Å². The molecule has 3 rings (SSSR count). The van der Waals surface area contributed by atoms with E-state index in [1.54, 1.807) is 6.07 Å². The Labute approximate surface area is 145 Å². The fourth-order valence-electron chi connectivity index (χ4n) is 2.95. The fourth-order valence-corrected chi connectivity index (χ4v) is 3.26. The number of nitrogens with one attached hydrogen (secondary N) is 2. The van der Waals surface area contributed by atoms with E-state index in [0.717, 1.165) is 32.5 Å². The number of halogens is 2. The van der Waals surface area contributed by atoms with E-state index in [1.807, 2.05) is 6.07 Å². The second-order valence-corrected chi connectivity index (χ2v) is 6.66. The first-order valence-corrected chi connectivity index (χ1v) is 8.48. The minimum absolute atomic E-state index is 0.140. The standard InChI is InChI=1S/C17H19Cl2N3O/c18-14-9-15(21-16(14)19)17(23)20-13-7-4-8-22(11-13)10-12-5-2-1-3-6-12/h1-3,5-6,9,13,21H,4,7-8,10-11H2,(H,20,23). The van der Waals surface area contributed by atoms with Gasteiger partial charge in [0.1, 0.15) is 10.8 Å². The SMILES string of the molecule is O=C(NC1CCCN(Cc2ccccc2)C1)c1cc(Cl)c(Cl)[nH]1. The largest absolute Gasteiger partial charge is 0.347 e. The topological polar surface area (TPSA) is 48.1 Å². The minimum Gasteiger partial charge on any atom is -0.347 e. The molecule has 0 aliphatic carbocycles. The van der Waals surface area contributed by atoms with Gasteiger partial charge < -0.3 is 10.3 Å². The molecule has 2 aromatic rings. The summed E-state index contributed by atoms with van der Waals surface area (Å²) in [5.41, 5.74) is 1.70. The van der Waals surface area contributed by atoms with Crippen molar-refractivity contribution < 1.29 is 4.79 Å². The van der Waals surface area contributed by atoms with Gasteiger partial charge in [-0.2, -0.15) is 0 Å². The monoisotopic (exact) mass is 351 g/mol. The van der Waals surface area contributed by atoms with Crippen LogP contribution in [0.4, 0.5) is 0 Å². The lowest BCUT2D eigenvalue weighted by atomic mass is 10.0. The van der Waals surface area contributed by atoms with Gasteiger partial charge in [0.25, 0.3) is 5.91 Å². The molecule has 6 heteroatoms. The van der Waals surface area contributed by atoms with Gasteiger partial charge >= 0.3 is 0 Å². The van der Waals surface area contributed by atoms with Crippen LogP contribution < -0.4 is 5.32 Å². The van der Waals surface area contributed by atoms with Crippen LogP contribution in [0.15, 0.2) is 36.4 Å². The summed E-state index contributed by atoms with van der Waals surface area (Å²) >= 11 is 11.7. The van der Waals surface area contributed by atoms with Gasteiger partial charge in [0.15, 0.2) is 0 Å². The molecule has 0 saturated carbocycles. The summed E-state index contributed by atoms with van der Waals surface area (Å²) < 4.78 is 0. The number of aromatic nitrogens is 1. The zero-order valence-electron chi connectivity index (χ0n) is 12.7. The minimum atomic E-state index is -0.162. The van der Waals surface area contributed by atoms with Crippen molar-refractivity contribution in [3.63, 3.8) is 0 Å². The first-order valence-electron chi connectivity index (χ1n) is 7.73. The van der Waals surface area contributed by atoms with Crippen LogP contribution in [0.2, 0.25) is 10.2 Å². The van der Waals surface area contributed by atoms with Crippen molar-refractivity contribution in [3.8, 4) is 0 Å². The van der Waals surface area contributed by atoms with Gasteiger partial charge in [0, 0.05) is 19.1 Å². The Hall–Kier alpha value is -1.49. The Kier molecular flexibility index (Phi) is 5.26. The van der Waals surface area contributed by atoms with Crippen LogP contribution in [0.5, 0.6) is 0 Å². The van der Waals surface area contributed by atoms with E-state index in [4.69, 9.17) is 23.2 Å². The smallest absolute Gasteiger partial charge is 0.268 e. The molecule has 1 saturated heterocycles. The number of rotatable bonds is 4. The Balaban J connectivity index is 1.57. The number of nitrogens with zero attached hydrogens (tertiary/aromatic N) is 1. The Morgan fingerprint density at radius 1 is 1.30 bits per heavy atom. The summed E-state index contributed by atoms with van der Waals surface area (Å²) in [5, 5.41) is 3.73. The fraction of sp³-hybridized carbons (Fsp3) is 0.353. The molecule has 1 aromatic heterocycles. The van der Waals surface area contributed by atoms with Crippen molar-refractivity contribution >= 4 is 29.1 Å². The molecular weight excluding hydrogens is 333 g/mol. The predicted octanol–water partition coefficient (Wildman–Crippen LogP) is 3.72. The molecular formula is C17H19Cl2N3O. The Bertz CT molecular complexity index is 652. The number of aromatic amines is 1. The number of piperidine rings is 1. The zero-order chi connectivity index (χ0) is 16.2. The van der Waals surface area contributed by atoms with Gasteiger partial charge in [-0.1, -0.05) is 53.5 Å². The molecule has 23 heavy (non-hydrogen) atoms. The highest BCUT2D eigenvalue weighted by Gasteiger charge is 2.22. The van der Waals surface area contributed by atoms with E-state index in [2.05, 4.69) is 39.5 Å². The summed E-state index contributed by atoms with van der Waals surface area (Å²) in [4.78, 5) is 17.4. The molecule has 0 spiro atoms. The summed E-state index contributed by atoms with van der Waals surface area (Å²) in [5.74, 6) is -0.162. The van der Waals surface area contributed by atoms with Crippen molar-refractivity contribution in [3.05, 3.63) is 57.8 Å². The number of hydrogen-bond donors (Lipinski definition) is 2. The van der Waals surface area contributed by atoms with Crippen molar-refractivity contribution in [2.75, 3.05) is 13.1 Å². The number of carbonyl (C=O) groups is 1. The van der Waals surface area contributed by atoms with Crippen molar-refractivity contribution in [2.24, 2.45) is 0 Å². The molecule has 4 nitrogen and oxygen atoms in total. The van der Waals surface area contributed by atoms with Crippen LogP contribution in [0.25, 0.3) is 0 Å². The molecule has 1 aliphatic rings. The van der Waals surface area contributed by atoms with E-state index in [9.17, 15) is 4.79 Å². The molecule has 0 bridgehead atoms. The summed E-state index contributed by atoms with van der Waals surface area (Å²) in [7, 11) is 0. The molecule has 1 aliphatic heterocycles. The van der Waals surface area contributed by atoms with Gasteiger partial charge in [-0.25, -0.2) is 0 Å². The van der Waals surface area contributed by atoms with Crippen LogP contribution in [-0.4, -0.2) is 34.9 Å². The number of amides is 1. The Morgan fingerprint density at radius 3 is 2.78 bits per heavy atom. The van der Waals surface area contributed by atoms with E-state index >= 15 is 0 Å². The third-order valence-electron chi connectivity index (χ3n) is 4.06. The van der Waals surface area contributed by atoms with Crippen molar-refractivity contribution in [2.45, 2.75) is 25.4 Å². The second-order valence-electron chi connectivity index (χ2n) is 5.88. The van der Waals surface area contributed by atoms with Gasteiger partial charge in [-0.05, 0) is 31.0 Å². The number of carbonyl (C=O) groups excluding carboxylic acids is 1.